The maximum atomic E-state index is 10.6. The lowest BCUT2D eigenvalue weighted by Gasteiger charge is -2.13. The molecule has 0 aromatic heterocycles. The first-order valence-corrected chi connectivity index (χ1v) is 6.19. The third kappa shape index (κ3) is 4.71. The second kappa shape index (κ2) is 6.57. The molecule has 0 fully saturated rings. The number of hydrogen-bond acceptors (Lipinski definition) is 2. The molecule has 0 saturated heterocycles. The van der Waals surface area contributed by atoms with Crippen molar-refractivity contribution in [2.45, 2.75) is 19.9 Å². The third-order valence-electron chi connectivity index (χ3n) is 2.52. The van der Waals surface area contributed by atoms with E-state index in [0.29, 0.717) is 12.1 Å². The molecule has 0 aliphatic carbocycles. The Bertz CT molecular complexity index is 429. The Kier molecular flexibility index (Phi) is 5.38. The number of carbonyl (C=O) groups is 1. The predicted octanol–water partition coefficient (Wildman–Crippen LogP) is 3.13. The summed E-state index contributed by atoms with van der Waals surface area (Å²) in [4.78, 5) is 10.6. The number of benzene rings is 1. The van der Waals surface area contributed by atoms with Gasteiger partial charge in [0.05, 0.1) is 0 Å². The van der Waals surface area contributed by atoms with Crippen LogP contribution in [0.5, 0.6) is 0 Å². The van der Waals surface area contributed by atoms with Crippen LogP contribution in [0.3, 0.4) is 0 Å². The first kappa shape index (κ1) is 13.9. The van der Waals surface area contributed by atoms with E-state index >= 15 is 0 Å². The van der Waals surface area contributed by atoms with Crippen LogP contribution in [0.2, 0.25) is 0 Å². The highest BCUT2D eigenvalue weighted by atomic mass is 79.9. The van der Waals surface area contributed by atoms with Crippen molar-refractivity contribution < 1.29 is 9.90 Å². The van der Waals surface area contributed by atoms with Gasteiger partial charge in [-0.15, -0.1) is 0 Å². The van der Waals surface area contributed by atoms with E-state index in [1.54, 1.807) is 13.0 Å². The van der Waals surface area contributed by atoms with E-state index in [1.165, 1.54) is 5.56 Å². The predicted molar refractivity (Wildman–Crippen MR) is 72.0 cm³/mol. The number of hydrogen-bond donors (Lipinski definition) is 2. The van der Waals surface area contributed by atoms with Crippen LogP contribution in [-0.4, -0.2) is 17.6 Å². The van der Waals surface area contributed by atoms with E-state index in [1.807, 2.05) is 31.2 Å². The van der Waals surface area contributed by atoms with Crippen molar-refractivity contribution in [1.29, 1.82) is 0 Å². The van der Waals surface area contributed by atoms with Crippen molar-refractivity contribution in [3.63, 3.8) is 0 Å². The highest BCUT2D eigenvalue weighted by Crippen LogP contribution is 2.17. The Morgan fingerprint density at radius 3 is 2.88 bits per heavy atom. The van der Waals surface area contributed by atoms with Gasteiger partial charge in [0.25, 0.3) is 0 Å². The molecule has 3 nitrogen and oxygen atoms in total. The highest BCUT2D eigenvalue weighted by Gasteiger charge is 2.04. The fourth-order valence-corrected chi connectivity index (χ4v) is 1.79. The minimum atomic E-state index is -0.873. The molecule has 17 heavy (non-hydrogen) atoms. The van der Waals surface area contributed by atoms with Crippen LogP contribution in [0.25, 0.3) is 0 Å². The van der Waals surface area contributed by atoms with E-state index in [9.17, 15) is 4.79 Å². The zero-order valence-corrected chi connectivity index (χ0v) is 11.5. The average molecular weight is 298 g/mol. The second-order valence-corrected chi connectivity index (χ2v) is 4.79. The van der Waals surface area contributed by atoms with Gasteiger partial charge in [0.1, 0.15) is 0 Å². The molecule has 0 heterocycles. The standard InChI is InChI=1S/C13H16BrNO2/c1-9(13(16)17)6-7-15-10(2)11-4-3-5-12(14)8-11/h3-6,8,10,15H,7H2,1-2H3,(H,16,17)/b9-6-. The van der Waals surface area contributed by atoms with Crippen LogP contribution in [-0.2, 0) is 4.79 Å². The number of aliphatic carboxylic acids is 1. The summed E-state index contributed by atoms with van der Waals surface area (Å²) in [5.41, 5.74) is 1.53. The Morgan fingerprint density at radius 1 is 1.59 bits per heavy atom. The minimum Gasteiger partial charge on any atom is -0.478 e. The zero-order valence-electron chi connectivity index (χ0n) is 9.90. The molecule has 1 aromatic rings. The SMILES string of the molecule is C/C(=C/CNC(C)c1cccc(Br)c1)C(=O)O. The molecule has 1 rings (SSSR count). The topological polar surface area (TPSA) is 49.3 Å². The maximum absolute atomic E-state index is 10.6. The molecular weight excluding hydrogens is 282 g/mol. The normalized spacial score (nSPS) is 13.5. The van der Waals surface area contributed by atoms with Crippen molar-refractivity contribution >= 4 is 21.9 Å². The summed E-state index contributed by atoms with van der Waals surface area (Å²) >= 11 is 3.42. The van der Waals surface area contributed by atoms with Crippen molar-refractivity contribution in [3.05, 3.63) is 46.0 Å². The van der Waals surface area contributed by atoms with Crippen LogP contribution >= 0.6 is 15.9 Å². The highest BCUT2D eigenvalue weighted by molar-refractivity contribution is 9.10. The van der Waals surface area contributed by atoms with Crippen molar-refractivity contribution in [3.8, 4) is 0 Å². The first-order valence-electron chi connectivity index (χ1n) is 5.39. The molecule has 4 heteroatoms. The van der Waals surface area contributed by atoms with Crippen LogP contribution in [0, 0.1) is 0 Å². The molecule has 1 aromatic carbocycles. The lowest BCUT2D eigenvalue weighted by molar-refractivity contribution is -0.132. The van der Waals surface area contributed by atoms with Crippen molar-refractivity contribution in [1.82, 2.24) is 5.32 Å². The largest absolute Gasteiger partial charge is 0.478 e. The molecule has 0 aliphatic rings. The van der Waals surface area contributed by atoms with Gasteiger partial charge in [0.15, 0.2) is 0 Å². The molecule has 0 aliphatic heterocycles. The Morgan fingerprint density at radius 2 is 2.29 bits per heavy atom. The number of nitrogens with one attached hydrogen (secondary N) is 1. The zero-order chi connectivity index (χ0) is 12.8. The van der Waals surface area contributed by atoms with E-state index in [4.69, 9.17) is 5.11 Å². The summed E-state index contributed by atoms with van der Waals surface area (Å²) in [6, 6.07) is 8.23. The molecule has 0 amide bonds. The monoisotopic (exact) mass is 297 g/mol. The van der Waals surface area contributed by atoms with E-state index in [2.05, 4.69) is 21.2 Å². The molecule has 2 N–H and O–H groups in total. The minimum absolute atomic E-state index is 0.186. The fraction of sp³-hybridized carbons (Fsp3) is 0.308. The smallest absolute Gasteiger partial charge is 0.330 e. The van der Waals surface area contributed by atoms with Crippen LogP contribution in [0.4, 0.5) is 0 Å². The van der Waals surface area contributed by atoms with Gasteiger partial charge in [-0.25, -0.2) is 4.79 Å². The molecular formula is C13H16BrNO2. The number of carboxylic acid groups (broad SMARTS) is 1. The van der Waals surface area contributed by atoms with Gasteiger partial charge in [0.2, 0.25) is 0 Å². The summed E-state index contributed by atoms with van der Waals surface area (Å²) in [7, 11) is 0. The molecule has 1 atom stereocenters. The second-order valence-electron chi connectivity index (χ2n) is 3.88. The lowest BCUT2D eigenvalue weighted by Crippen LogP contribution is -2.19. The maximum Gasteiger partial charge on any atom is 0.330 e. The lowest BCUT2D eigenvalue weighted by atomic mass is 10.1. The van der Waals surface area contributed by atoms with Crippen LogP contribution < -0.4 is 5.32 Å². The summed E-state index contributed by atoms with van der Waals surface area (Å²) in [6.45, 7) is 4.19. The summed E-state index contributed by atoms with van der Waals surface area (Å²) in [6.07, 6.45) is 1.68. The van der Waals surface area contributed by atoms with Crippen molar-refractivity contribution in [2.24, 2.45) is 0 Å². The average Bonchev–Trinajstić information content (AvgIpc) is 2.28. The van der Waals surface area contributed by atoms with Gasteiger partial charge >= 0.3 is 5.97 Å². The van der Waals surface area contributed by atoms with Gasteiger partial charge in [-0.3, -0.25) is 0 Å². The number of rotatable bonds is 5. The molecule has 0 radical (unpaired) electrons. The quantitative estimate of drug-likeness (QED) is 0.821. The van der Waals surface area contributed by atoms with Crippen molar-refractivity contribution in [2.75, 3.05) is 6.54 Å². The van der Waals surface area contributed by atoms with Gasteiger partial charge < -0.3 is 10.4 Å². The van der Waals surface area contributed by atoms with Crippen LogP contribution in [0.15, 0.2) is 40.4 Å². The van der Waals surface area contributed by atoms with E-state index in [0.717, 1.165) is 4.47 Å². The third-order valence-corrected chi connectivity index (χ3v) is 3.01. The molecule has 0 bridgehead atoms. The Balaban J connectivity index is 2.53. The molecule has 0 saturated carbocycles. The van der Waals surface area contributed by atoms with E-state index < -0.39 is 5.97 Å². The number of halogens is 1. The first-order chi connectivity index (χ1) is 8.00. The van der Waals surface area contributed by atoms with Gasteiger partial charge in [-0.1, -0.05) is 34.1 Å². The van der Waals surface area contributed by atoms with Crippen LogP contribution in [0.1, 0.15) is 25.5 Å². The van der Waals surface area contributed by atoms with E-state index in [-0.39, 0.29) is 6.04 Å². The molecule has 1 unspecified atom stereocenters. The number of carboxylic acids is 1. The summed E-state index contributed by atoms with van der Waals surface area (Å²) < 4.78 is 1.04. The van der Waals surface area contributed by atoms with Gasteiger partial charge in [-0.2, -0.15) is 0 Å². The van der Waals surface area contributed by atoms with Gasteiger partial charge in [0, 0.05) is 22.6 Å². The Hall–Kier alpha value is -1.13. The summed E-state index contributed by atoms with van der Waals surface area (Å²) in [5.74, 6) is -0.873. The fourth-order valence-electron chi connectivity index (χ4n) is 1.37. The molecule has 92 valence electrons. The molecule has 0 spiro atoms. The van der Waals surface area contributed by atoms with Gasteiger partial charge in [-0.05, 0) is 31.5 Å². The Labute approximate surface area is 110 Å². The summed E-state index contributed by atoms with van der Waals surface area (Å²) in [5, 5.41) is 11.9.